The van der Waals surface area contributed by atoms with Gasteiger partial charge in [-0.2, -0.15) is 5.10 Å². The molecule has 0 saturated heterocycles. The molecule has 26 heavy (non-hydrogen) atoms. The summed E-state index contributed by atoms with van der Waals surface area (Å²) in [5.41, 5.74) is 2.28. The summed E-state index contributed by atoms with van der Waals surface area (Å²) < 4.78 is 55.0. The number of hydrogen-bond acceptors (Lipinski definition) is 3. The van der Waals surface area contributed by atoms with E-state index in [9.17, 15) is 17.6 Å². The average Bonchev–Trinajstić information content (AvgIpc) is 3.01. The van der Waals surface area contributed by atoms with E-state index in [1.165, 1.54) is 24.7 Å². The number of rotatable bonds is 3. The van der Waals surface area contributed by atoms with Crippen LogP contribution in [0.2, 0.25) is 0 Å². The van der Waals surface area contributed by atoms with Crippen LogP contribution in [0.4, 0.5) is 17.6 Å². The van der Waals surface area contributed by atoms with Gasteiger partial charge in [0.25, 0.3) is 0 Å². The standard InChI is InChI=1S/C18H10F4N4/c19-13-1-10(5-23-7-13)9-26-17-4-12(6-24-16(17)8-25-26)11-2-14(20)18(22)15(21)3-11/h1-8H,9H2. The number of aromatic nitrogens is 4. The summed E-state index contributed by atoms with van der Waals surface area (Å²) in [4.78, 5) is 7.99. The smallest absolute Gasteiger partial charge is 0.194 e. The Balaban J connectivity index is 1.77. The number of benzene rings is 1. The van der Waals surface area contributed by atoms with Crippen molar-refractivity contribution in [3.8, 4) is 11.1 Å². The number of halogens is 4. The van der Waals surface area contributed by atoms with Crippen LogP contribution in [-0.4, -0.2) is 19.7 Å². The largest absolute Gasteiger partial charge is 0.261 e. The highest BCUT2D eigenvalue weighted by Gasteiger charge is 2.13. The highest BCUT2D eigenvalue weighted by atomic mass is 19.2. The number of pyridine rings is 2. The van der Waals surface area contributed by atoms with Crippen LogP contribution in [0, 0.1) is 23.3 Å². The van der Waals surface area contributed by atoms with Crippen LogP contribution in [0.15, 0.2) is 49.1 Å². The molecule has 3 aromatic heterocycles. The number of fused-ring (bicyclic) bond motifs is 1. The molecule has 130 valence electrons. The maximum absolute atomic E-state index is 13.5. The van der Waals surface area contributed by atoms with E-state index in [2.05, 4.69) is 15.1 Å². The molecule has 0 spiro atoms. The van der Waals surface area contributed by atoms with Crippen molar-refractivity contribution in [2.75, 3.05) is 0 Å². The van der Waals surface area contributed by atoms with Crippen LogP contribution in [0.1, 0.15) is 5.56 Å². The first kappa shape index (κ1) is 16.2. The van der Waals surface area contributed by atoms with E-state index in [0.29, 0.717) is 22.2 Å². The fourth-order valence-corrected chi connectivity index (χ4v) is 2.68. The molecule has 1 aromatic carbocycles. The lowest BCUT2D eigenvalue weighted by atomic mass is 10.1. The Morgan fingerprint density at radius 1 is 0.808 bits per heavy atom. The molecular formula is C18H10F4N4. The van der Waals surface area contributed by atoms with Gasteiger partial charge in [-0.3, -0.25) is 14.6 Å². The van der Waals surface area contributed by atoms with Crippen molar-refractivity contribution in [1.29, 1.82) is 0 Å². The van der Waals surface area contributed by atoms with Crippen molar-refractivity contribution >= 4 is 11.0 Å². The molecule has 0 radical (unpaired) electrons. The van der Waals surface area contributed by atoms with Crippen molar-refractivity contribution in [2.24, 2.45) is 0 Å². The maximum Gasteiger partial charge on any atom is 0.194 e. The summed E-state index contributed by atoms with van der Waals surface area (Å²) in [6.07, 6.45) is 5.56. The van der Waals surface area contributed by atoms with Gasteiger partial charge in [0.2, 0.25) is 0 Å². The van der Waals surface area contributed by atoms with E-state index in [1.54, 1.807) is 10.7 Å². The first-order chi connectivity index (χ1) is 12.5. The van der Waals surface area contributed by atoms with Crippen molar-refractivity contribution in [2.45, 2.75) is 6.54 Å². The molecule has 0 unspecified atom stereocenters. The number of hydrogen-bond donors (Lipinski definition) is 0. The van der Waals surface area contributed by atoms with Gasteiger partial charge in [0.15, 0.2) is 17.5 Å². The summed E-state index contributed by atoms with van der Waals surface area (Å²) >= 11 is 0. The molecule has 4 nitrogen and oxygen atoms in total. The molecule has 0 bridgehead atoms. The van der Waals surface area contributed by atoms with Crippen LogP contribution >= 0.6 is 0 Å². The Morgan fingerprint density at radius 2 is 1.58 bits per heavy atom. The first-order valence-electron chi connectivity index (χ1n) is 7.57. The second-order valence-corrected chi connectivity index (χ2v) is 5.70. The lowest BCUT2D eigenvalue weighted by molar-refractivity contribution is 0.447. The Morgan fingerprint density at radius 3 is 2.31 bits per heavy atom. The summed E-state index contributed by atoms with van der Waals surface area (Å²) in [6, 6.07) is 4.77. The van der Waals surface area contributed by atoms with E-state index < -0.39 is 23.3 Å². The zero-order valence-electron chi connectivity index (χ0n) is 13.1. The molecule has 0 aliphatic rings. The van der Waals surface area contributed by atoms with Gasteiger partial charge in [0, 0.05) is 18.0 Å². The molecule has 3 heterocycles. The van der Waals surface area contributed by atoms with Crippen LogP contribution in [0.5, 0.6) is 0 Å². The average molecular weight is 358 g/mol. The van der Waals surface area contributed by atoms with Gasteiger partial charge in [-0.1, -0.05) is 0 Å². The van der Waals surface area contributed by atoms with Gasteiger partial charge in [0.05, 0.1) is 24.5 Å². The summed E-state index contributed by atoms with van der Waals surface area (Å²) in [7, 11) is 0. The highest BCUT2D eigenvalue weighted by molar-refractivity contribution is 5.80. The third-order valence-electron chi connectivity index (χ3n) is 3.91. The maximum atomic E-state index is 13.5. The second-order valence-electron chi connectivity index (χ2n) is 5.70. The van der Waals surface area contributed by atoms with Crippen LogP contribution in [-0.2, 0) is 6.54 Å². The number of nitrogens with zero attached hydrogens (tertiary/aromatic N) is 4. The SMILES string of the molecule is Fc1cncc(Cn2ncc3ncc(-c4cc(F)c(F)c(F)c4)cc32)c1. The van der Waals surface area contributed by atoms with Crippen molar-refractivity contribution < 1.29 is 17.6 Å². The van der Waals surface area contributed by atoms with E-state index in [-0.39, 0.29) is 12.1 Å². The Bertz CT molecular complexity index is 1100. The molecule has 0 atom stereocenters. The van der Waals surface area contributed by atoms with Gasteiger partial charge in [-0.05, 0) is 35.4 Å². The topological polar surface area (TPSA) is 43.6 Å². The quantitative estimate of drug-likeness (QED) is 0.409. The zero-order valence-corrected chi connectivity index (χ0v) is 13.1. The Kier molecular flexibility index (Phi) is 3.87. The molecule has 4 aromatic rings. The monoisotopic (exact) mass is 358 g/mol. The van der Waals surface area contributed by atoms with E-state index in [0.717, 1.165) is 18.3 Å². The predicted molar refractivity (Wildman–Crippen MR) is 86.1 cm³/mol. The minimum absolute atomic E-state index is 0.149. The lowest BCUT2D eigenvalue weighted by Crippen LogP contribution is -2.02. The molecule has 0 N–H and O–H groups in total. The van der Waals surface area contributed by atoms with E-state index >= 15 is 0 Å². The highest BCUT2D eigenvalue weighted by Crippen LogP contribution is 2.26. The normalized spacial score (nSPS) is 11.2. The molecule has 0 saturated carbocycles. The third-order valence-corrected chi connectivity index (χ3v) is 3.91. The molecule has 0 amide bonds. The zero-order chi connectivity index (χ0) is 18.3. The molecule has 0 aliphatic carbocycles. The van der Waals surface area contributed by atoms with Gasteiger partial charge >= 0.3 is 0 Å². The third kappa shape index (κ3) is 2.90. The minimum atomic E-state index is -1.52. The van der Waals surface area contributed by atoms with Crippen LogP contribution in [0.25, 0.3) is 22.2 Å². The van der Waals surface area contributed by atoms with E-state index in [1.807, 2.05) is 0 Å². The summed E-state index contributed by atoms with van der Waals surface area (Å²) in [5.74, 6) is -4.54. The molecule has 4 rings (SSSR count). The van der Waals surface area contributed by atoms with E-state index in [4.69, 9.17) is 0 Å². The predicted octanol–water partition coefficient (Wildman–Crippen LogP) is 4.10. The van der Waals surface area contributed by atoms with Gasteiger partial charge in [-0.25, -0.2) is 17.6 Å². The molecule has 8 heteroatoms. The van der Waals surface area contributed by atoms with Gasteiger partial charge < -0.3 is 0 Å². The van der Waals surface area contributed by atoms with Gasteiger partial charge in [0.1, 0.15) is 11.3 Å². The lowest BCUT2D eigenvalue weighted by Gasteiger charge is -2.06. The summed E-state index contributed by atoms with van der Waals surface area (Å²) in [5, 5.41) is 4.20. The molecular weight excluding hydrogens is 348 g/mol. The second kappa shape index (κ2) is 6.21. The fourth-order valence-electron chi connectivity index (χ4n) is 2.68. The summed E-state index contributed by atoms with van der Waals surface area (Å²) in [6.45, 7) is 0.242. The Hall–Kier alpha value is -3.29. The fraction of sp³-hybridized carbons (Fsp3) is 0.0556. The van der Waals surface area contributed by atoms with Crippen molar-refractivity contribution in [3.05, 3.63) is 77.9 Å². The van der Waals surface area contributed by atoms with Crippen LogP contribution in [0.3, 0.4) is 0 Å². The minimum Gasteiger partial charge on any atom is -0.261 e. The first-order valence-corrected chi connectivity index (χ1v) is 7.57. The van der Waals surface area contributed by atoms with Crippen molar-refractivity contribution in [1.82, 2.24) is 19.7 Å². The van der Waals surface area contributed by atoms with Crippen LogP contribution < -0.4 is 0 Å². The Labute approximate surface area is 144 Å². The molecule has 0 fully saturated rings. The van der Waals surface area contributed by atoms with Crippen molar-refractivity contribution in [3.63, 3.8) is 0 Å². The molecule has 0 aliphatic heterocycles. The van der Waals surface area contributed by atoms with Gasteiger partial charge in [-0.15, -0.1) is 0 Å².